The Balaban J connectivity index is 0. The molecule has 0 fully saturated rings. The standard InChI is InChI=1S/2C3H5F3O/c1-7-2-3(4,5)6;1-7-3(6)2(4)5/h2H2,1H3;2-3H,1H3. The normalized spacial score (nSPS) is 13.5. The van der Waals surface area contributed by atoms with Crippen LogP contribution < -0.4 is 0 Å². The summed E-state index contributed by atoms with van der Waals surface area (Å²) in [7, 11) is 1.89. The van der Waals surface area contributed by atoms with E-state index in [0.717, 1.165) is 14.2 Å². The fourth-order valence-electron chi connectivity index (χ4n) is 0.267. The highest BCUT2D eigenvalue weighted by molar-refractivity contribution is 4.42. The number of hydrogen-bond donors (Lipinski definition) is 0. The second kappa shape index (κ2) is 7.86. The Labute approximate surface area is 76.8 Å². The van der Waals surface area contributed by atoms with Gasteiger partial charge in [0.1, 0.15) is 6.61 Å². The lowest BCUT2D eigenvalue weighted by molar-refractivity contribution is -0.167. The summed E-state index contributed by atoms with van der Waals surface area (Å²) in [6.07, 6.45) is -9.63. The number of halogens is 6. The van der Waals surface area contributed by atoms with Crippen molar-refractivity contribution in [3.05, 3.63) is 0 Å². The number of methoxy groups -OCH3 is 2. The first-order valence-electron chi connectivity index (χ1n) is 3.25. The summed E-state index contributed by atoms with van der Waals surface area (Å²) >= 11 is 0. The Morgan fingerprint density at radius 1 is 1.07 bits per heavy atom. The van der Waals surface area contributed by atoms with Crippen molar-refractivity contribution in [3.63, 3.8) is 0 Å². The molecule has 0 saturated carbocycles. The molecular weight excluding hydrogens is 218 g/mol. The third kappa shape index (κ3) is 14.0. The van der Waals surface area contributed by atoms with Crippen molar-refractivity contribution in [1.29, 1.82) is 0 Å². The van der Waals surface area contributed by atoms with Gasteiger partial charge in [-0.2, -0.15) is 13.2 Å². The molecule has 0 amide bonds. The maximum Gasteiger partial charge on any atom is 0.411 e. The number of ether oxygens (including phenoxy) is 2. The molecule has 8 heteroatoms. The van der Waals surface area contributed by atoms with E-state index in [4.69, 9.17) is 0 Å². The predicted molar refractivity (Wildman–Crippen MR) is 35.8 cm³/mol. The van der Waals surface area contributed by atoms with Crippen LogP contribution in [-0.4, -0.2) is 39.8 Å². The molecule has 0 aliphatic rings. The molecule has 88 valence electrons. The minimum Gasteiger partial charge on any atom is -0.375 e. The SMILES string of the molecule is COC(F)C(F)F.COCC(F)(F)F. The van der Waals surface area contributed by atoms with Crippen LogP contribution in [0, 0.1) is 0 Å². The fourth-order valence-corrected chi connectivity index (χ4v) is 0.267. The molecule has 1 unspecified atom stereocenters. The van der Waals surface area contributed by atoms with Crippen molar-refractivity contribution >= 4 is 0 Å². The Hall–Kier alpha value is -0.500. The highest BCUT2D eigenvalue weighted by Crippen LogP contribution is 2.13. The van der Waals surface area contributed by atoms with Crippen molar-refractivity contribution in [2.75, 3.05) is 20.8 Å². The van der Waals surface area contributed by atoms with Crippen LogP contribution in [0.5, 0.6) is 0 Å². The van der Waals surface area contributed by atoms with E-state index in [1.165, 1.54) is 0 Å². The first kappa shape index (κ1) is 15.9. The first-order chi connectivity index (χ1) is 6.24. The van der Waals surface area contributed by atoms with Crippen LogP contribution in [0.4, 0.5) is 26.3 Å². The van der Waals surface area contributed by atoms with Crippen molar-refractivity contribution in [2.45, 2.75) is 19.0 Å². The summed E-state index contributed by atoms with van der Waals surface area (Å²) in [5.41, 5.74) is 0. The summed E-state index contributed by atoms with van der Waals surface area (Å²) < 4.78 is 73.3. The Bertz CT molecular complexity index is 126. The summed E-state index contributed by atoms with van der Waals surface area (Å²) in [4.78, 5) is 0. The third-order valence-electron chi connectivity index (χ3n) is 0.731. The molecule has 0 N–H and O–H groups in total. The molecule has 0 spiro atoms. The van der Waals surface area contributed by atoms with E-state index in [0.29, 0.717) is 0 Å². The van der Waals surface area contributed by atoms with E-state index >= 15 is 0 Å². The summed E-state index contributed by atoms with van der Waals surface area (Å²) in [5, 5.41) is 0. The van der Waals surface area contributed by atoms with Gasteiger partial charge in [-0.15, -0.1) is 0 Å². The van der Waals surface area contributed by atoms with Gasteiger partial charge in [-0.3, -0.25) is 0 Å². The number of rotatable bonds is 3. The van der Waals surface area contributed by atoms with Gasteiger partial charge in [0, 0.05) is 14.2 Å². The van der Waals surface area contributed by atoms with Gasteiger partial charge in [0.05, 0.1) is 0 Å². The second-order valence-corrected chi connectivity index (χ2v) is 1.97. The minimum atomic E-state index is -4.17. The zero-order valence-electron chi connectivity index (χ0n) is 7.45. The Morgan fingerprint density at radius 2 is 1.50 bits per heavy atom. The second-order valence-electron chi connectivity index (χ2n) is 1.97. The molecule has 0 aromatic heterocycles. The molecule has 1 atom stereocenters. The van der Waals surface area contributed by atoms with E-state index in [9.17, 15) is 26.3 Å². The van der Waals surface area contributed by atoms with Gasteiger partial charge in [-0.05, 0) is 0 Å². The molecule has 0 heterocycles. The lowest BCUT2D eigenvalue weighted by Gasteiger charge is -2.01. The van der Waals surface area contributed by atoms with Gasteiger partial charge in [0.2, 0.25) is 0 Å². The smallest absolute Gasteiger partial charge is 0.375 e. The molecule has 2 nitrogen and oxygen atoms in total. The maximum atomic E-state index is 11.3. The zero-order chi connectivity index (χ0) is 11.8. The van der Waals surface area contributed by atoms with Crippen molar-refractivity contribution < 1.29 is 35.8 Å². The highest BCUT2D eigenvalue weighted by atomic mass is 19.4. The monoisotopic (exact) mass is 228 g/mol. The van der Waals surface area contributed by atoms with E-state index in [1.54, 1.807) is 0 Å². The quantitative estimate of drug-likeness (QED) is 0.690. The van der Waals surface area contributed by atoms with Crippen LogP contribution in [-0.2, 0) is 9.47 Å². The van der Waals surface area contributed by atoms with Crippen molar-refractivity contribution in [2.24, 2.45) is 0 Å². The topological polar surface area (TPSA) is 18.5 Å². The average molecular weight is 228 g/mol. The summed E-state index contributed by atoms with van der Waals surface area (Å²) in [5.74, 6) is 0. The highest BCUT2D eigenvalue weighted by Gasteiger charge is 2.26. The third-order valence-corrected chi connectivity index (χ3v) is 0.731. The van der Waals surface area contributed by atoms with Crippen LogP contribution in [0.2, 0.25) is 0 Å². The van der Waals surface area contributed by atoms with Crippen LogP contribution in [0.1, 0.15) is 0 Å². The van der Waals surface area contributed by atoms with E-state index in [1.807, 2.05) is 0 Å². The van der Waals surface area contributed by atoms with Crippen LogP contribution in [0.3, 0.4) is 0 Å². The first-order valence-corrected chi connectivity index (χ1v) is 3.25. The average Bonchev–Trinajstić information content (AvgIpc) is 2.01. The molecule has 0 radical (unpaired) electrons. The number of hydrogen-bond acceptors (Lipinski definition) is 2. The van der Waals surface area contributed by atoms with Crippen molar-refractivity contribution in [1.82, 2.24) is 0 Å². The molecule has 0 aliphatic heterocycles. The maximum absolute atomic E-state index is 11.3. The Kier molecular flexibility index (Phi) is 8.96. The van der Waals surface area contributed by atoms with Crippen molar-refractivity contribution in [3.8, 4) is 0 Å². The lowest BCUT2D eigenvalue weighted by Crippen LogP contribution is -2.14. The molecule has 0 rings (SSSR count). The molecule has 14 heavy (non-hydrogen) atoms. The molecule has 0 aromatic carbocycles. The predicted octanol–water partition coefficient (Wildman–Crippen LogP) is 2.39. The summed E-state index contributed by atoms with van der Waals surface area (Å²) in [6.45, 7) is -1.16. The van der Waals surface area contributed by atoms with Crippen LogP contribution in [0.15, 0.2) is 0 Å². The van der Waals surface area contributed by atoms with Gasteiger partial charge in [-0.25, -0.2) is 13.2 Å². The lowest BCUT2D eigenvalue weighted by atomic mass is 10.7. The van der Waals surface area contributed by atoms with Gasteiger partial charge >= 0.3 is 6.18 Å². The molecular formula is C6H10F6O2. The van der Waals surface area contributed by atoms with E-state index in [2.05, 4.69) is 9.47 Å². The largest absolute Gasteiger partial charge is 0.411 e. The molecule has 0 aliphatic carbocycles. The van der Waals surface area contributed by atoms with Gasteiger partial charge in [0.15, 0.2) is 0 Å². The summed E-state index contributed by atoms with van der Waals surface area (Å²) in [6, 6.07) is 0. The van der Waals surface area contributed by atoms with Gasteiger partial charge in [-0.1, -0.05) is 0 Å². The number of alkyl halides is 6. The van der Waals surface area contributed by atoms with Gasteiger partial charge < -0.3 is 9.47 Å². The van der Waals surface area contributed by atoms with E-state index in [-0.39, 0.29) is 0 Å². The van der Waals surface area contributed by atoms with E-state index < -0.39 is 25.6 Å². The van der Waals surface area contributed by atoms with Gasteiger partial charge in [0.25, 0.3) is 12.8 Å². The molecule has 0 saturated heterocycles. The fraction of sp³-hybridized carbons (Fsp3) is 1.00. The van der Waals surface area contributed by atoms with Crippen LogP contribution in [0.25, 0.3) is 0 Å². The van der Waals surface area contributed by atoms with Crippen LogP contribution >= 0.6 is 0 Å². The molecule has 0 bridgehead atoms. The zero-order valence-corrected chi connectivity index (χ0v) is 7.45. The molecule has 0 aromatic rings. The Morgan fingerprint density at radius 3 is 1.50 bits per heavy atom. The minimum absolute atomic E-state index is 0.886.